The summed E-state index contributed by atoms with van der Waals surface area (Å²) < 4.78 is 4.91. The fourth-order valence-electron chi connectivity index (χ4n) is 3.81. The van der Waals surface area contributed by atoms with Gasteiger partial charge in [-0.2, -0.15) is 0 Å². The maximum atomic E-state index is 12.7. The van der Waals surface area contributed by atoms with E-state index in [-0.39, 0.29) is 17.7 Å². The highest BCUT2D eigenvalue weighted by Crippen LogP contribution is 2.39. The fourth-order valence-corrected chi connectivity index (χ4v) is 4.69. The Morgan fingerprint density at radius 3 is 2.76 bits per heavy atom. The highest BCUT2D eigenvalue weighted by molar-refractivity contribution is 8.00. The molecule has 6 nitrogen and oxygen atoms in total. The molecule has 29 heavy (non-hydrogen) atoms. The van der Waals surface area contributed by atoms with Crippen molar-refractivity contribution < 1.29 is 14.3 Å². The average Bonchev–Trinajstić information content (AvgIpc) is 3.57. The van der Waals surface area contributed by atoms with Gasteiger partial charge in [-0.05, 0) is 50.2 Å². The van der Waals surface area contributed by atoms with Gasteiger partial charge in [-0.1, -0.05) is 36.0 Å². The summed E-state index contributed by atoms with van der Waals surface area (Å²) in [6.45, 7) is 1.79. The molecule has 1 aromatic heterocycles. The zero-order chi connectivity index (χ0) is 20.4. The number of hydrogen-bond donors (Lipinski definition) is 1. The summed E-state index contributed by atoms with van der Waals surface area (Å²) in [5.74, 6) is 0.806. The second-order valence-electron chi connectivity index (χ2n) is 7.61. The second kappa shape index (κ2) is 8.53. The van der Waals surface area contributed by atoms with Crippen molar-refractivity contribution in [3.8, 4) is 0 Å². The molecule has 152 valence electrons. The largest absolute Gasteiger partial charge is 0.465 e. The second-order valence-corrected chi connectivity index (χ2v) is 8.58. The van der Waals surface area contributed by atoms with Gasteiger partial charge in [0.2, 0.25) is 5.91 Å². The number of esters is 1. The summed E-state index contributed by atoms with van der Waals surface area (Å²) >= 11 is 1.28. The molecule has 0 saturated heterocycles. The maximum Gasteiger partial charge on any atom is 0.342 e. The van der Waals surface area contributed by atoms with Crippen LogP contribution >= 0.6 is 11.8 Å². The lowest BCUT2D eigenvalue weighted by Crippen LogP contribution is -2.32. The molecule has 2 aliphatic rings. The first-order chi connectivity index (χ1) is 14.1. The van der Waals surface area contributed by atoms with Crippen molar-refractivity contribution >= 4 is 23.6 Å². The van der Waals surface area contributed by atoms with Crippen LogP contribution in [-0.2, 0) is 16.0 Å². The van der Waals surface area contributed by atoms with Crippen LogP contribution < -0.4 is 5.32 Å². The number of nitrogens with one attached hydrogen (secondary N) is 1. The van der Waals surface area contributed by atoms with E-state index in [0.717, 1.165) is 37.9 Å². The van der Waals surface area contributed by atoms with E-state index in [1.807, 2.05) is 12.1 Å². The number of hydrogen-bond acceptors (Lipinski definition) is 6. The SMILES string of the molecule is COC(=O)c1c(C)nc(C2CC2)nc1SCC(=O)N[C@@H]1CCCc2ccccc21. The van der Waals surface area contributed by atoms with Crippen molar-refractivity contribution in [2.45, 2.75) is 56.0 Å². The molecule has 4 rings (SSSR count). The number of thioether (sulfide) groups is 1. The molecule has 0 unspecified atom stereocenters. The predicted octanol–water partition coefficient (Wildman–Crippen LogP) is 3.73. The highest BCUT2D eigenvalue weighted by atomic mass is 32.2. The number of amides is 1. The Labute approximate surface area is 174 Å². The third kappa shape index (κ3) is 4.45. The van der Waals surface area contributed by atoms with Crippen molar-refractivity contribution in [2.24, 2.45) is 0 Å². The molecule has 1 N–H and O–H groups in total. The summed E-state index contributed by atoms with van der Waals surface area (Å²) in [5.41, 5.74) is 3.49. The molecule has 0 aliphatic heterocycles. The average molecular weight is 412 g/mol. The first kappa shape index (κ1) is 19.9. The van der Waals surface area contributed by atoms with Crippen LogP contribution in [0.4, 0.5) is 0 Å². The smallest absolute Gasteiger partial charge is 0.342 e. The molecule has 1 saturated carbocycles. The van der Waals surface area contributed by atoms with Crippen molar-refractivity contribution in [1.82, 2.24) is 15.3 Å². The maximum absolute atomic E-state index is 12.7. The van der Waals surface area contributed by atoms with E-state index in [4.69, 9.17) is 4.74 Å². The summed E-state index contributed by atoms with van der Waals surface area (Å²) in [6, 6.07) is 8.33. The summed E-state index contributed by atoms with van der Waals surface area (Å²) in [7, 11) is 1.35. The van der Waals surface area contributed by atoms with Crippen molar-refractivity contribution in [3.05, 3.63) is 52.5 Å². The lowest BCUT2D eigenvalue weighted by atomic mass is 9.88. The standard InChI is InChI=1S/C22H25N3O3S/c1-13-19(22(27)28-2)21(25-20(23-13)15-10-11-15)29-12-18(26)24-17-9-5-7-14-6-3-4-8-16(14)17/h3-4,6,8,15,17H,5,7,9-12H2,1-2H3,(H,24,26)/t17-/m1/s1. The van der Waals surface area contributed by atoms with E-state index < -0.39 is 5.97 Å². The molecule has 0 radical (unpaired) electrons. The van der Waals surface area contributed by atoms with Crippen LogP contribution in [0.15, 0.2) is 29.3 Å². The minimum atomic E-state index is -0.464. The Morgan fingerprint density at radius 2 is 2.00 bits per heavy atom. The number of carbonyl (C=O) groups excluding carboxylic acids is 2. The number of nitrogens with zero attached hydrogens (tertiary/aromatic N) is 2. The van der Waals surface area contributed by atoms with Gasteiger partial charge in [0.15, 0.2) is 0 Å². The normalized spacial score (nSPS) is 18.1. The minimum Gasteiger partial charge on any atom is -0.465 e. The Hall–Kier alpha value is -2.41. The number of fused-ring (bicyclic) bond motifs is 1. The highest BCUT2D eigenvalue weighted by Gasteiger charge is 2.30. The minimum absolute atomic E-state index is 0.0438. The Morgan fingerprint density at radius 1 is 1.21 bits per heavy atom. The number of aryl methyl sites for hydroxylation is 2. The topological polar surface area (TPSA) is 81.2 Å². The monoisotopic (exact) mass is 411 g/mol. The lowest BCUT2D eigenvalue weighted by Gasteiger charge is -2.26. The van der Waals surface area contributed by atoms with Gasteiger partial charge in [-0.15, -0.1) is 0 Å². The first-order valence-corrected chi connectivity index (χ1v) is 11.0. The fraction of sp³-hybridized carbons (Fsp3) is 0.455. The molecule has 2 aromatic rings. The van der Waals surface area contributed by atoms with Crippen molar-refractivity contribution in [3.63, 3.8) is 0 Å². The number of ether oxygens (including phenoxy) is 1. The van der Waals surface area contributed by atoms with E-state index in [1.165, 1.54) is 30.0 Å². The number of methoxy groups -OCH3 is 1. The molecule has 0 bridgehead atoms. The summed E-state index contributed by atoms with van der Waals surface area (Å²) in [6.07, 6.45) is 5.21. The Balaban J connectivity index is 1.47. The molecule has 7 heteroatoms. The number of benzene rings is 1. The van der Waals surface area contributed by atoms with Gasteiger partial charge in [0.1, 0.15) is 16.4 Å². The van der Waals surface area contributed by atoms with Crippen LogP contribution in [0, 0.1) is 6.92 Å². The van der Waals surface area contributed by atoms with Gasteiger partial charge >= 0.3 is 5.97 Å². The zero-order valence-corrected chi connectivity index (χ0v) is 17.6. The van der Waals surface area contributed by atoms with E-state index in [1.54, 1.807) is 6.92 Å². The van der Waals surface area contributed by atoms with Gasteiger partial charge in [0, 0.05) is 5.92 Å². The van der Waals surface area contributed by atoms with Crippen molar-refractivity contribution in [2.75, 3.05) is 12.9 Å². The number of rotatable bonds is 6. The molecule has 1 fully saturated rings. The van der Waals surface area contributed by atoms with Crippen LogP contribution in [0.5, 0.6) is 0 Å². The van der Waals surface area contributed by atoms with Crippen LogP contribution in [0.2, 0.25) is 0 Å². The third-order valence-electron chi connectivity index (χ3n) is 5.45. The first-order valence-electron chi connectivity index (χ1n) is 10.0. The van der Waals surface area contributed by atoms with E-state index in [2.05, 4.69) is 27.4 Å². The van der Waals surface area contributed by atoms with Gasteiger partial charge in [-0.25, -0.2) is 14.8 Å². The molecular formula is C22H25N3O3S. The molecule has 1 atom stereocenters. The van der Waals surface area contributed by atoms with Crippen LogP contribution in [-0.4, -0.2) is 34.7 Å². The molecular weight excluding hydrogens is 386 g/mol. The van der Waals surface area contributed by atoms with Gasteiger partial charge in [0.25, 0.3) is 0 Å². The van der Waals surface area contributed by atoms with E-state index in [9.17, 15) is 9.59 Å². The Kier molecular flexibility index (Phi) is 5.85. The van der Waals surface area contributed by atoms with Gasteiger partial charge in [0.05, 0.1) is 24.6 Å². The van der Waals surface area contributed by atoms with Crippen molar-refractivity contribution in [1.29, 1.82) is 0 Å². The number of carbonyl (C=O) groups is 2. The molecule has 1 aromatic carbocycles. The van der Waals surface area contributed by atoms with E-state index >= 15 is 0 Å². The third-order valence-corrected chi connectivity index (χ3v) is 6.43. The molecule has 1 amide bonds. The van der Waals surface area contributed by atoms with E-state index in [0.29, 0.717) is 22.2 Å². The Bertz CT molecular complexity index is 943. The zero-order valence-electron chi connectivity index (χ0n) is 16.7. The summed E-state index contributed by atoms with van der Waals surface area (Å²) in [4.78, 5) is 34.0. The van der Waals surface area contributed by atoms with Crippen LogP contribution in [0.1, 0.15) is 70.6 Å². The summed E-state index contributed by atoms with van der Waals surface area (Å²) in [5, 5.41) is 3.69. The van der Waals surface area contributed by atoms with Gasteiger partial charge < -0.3 is 10.1 Å². The van der Waals surface area contributed by atoms with Gasteiger partial charge in [-0.3, -0.25) is 4.79 Å². The molecule has 1 heterocycles. The number of aromatic nitrogens is 2. The molecule has 2 aliphatic carbocycles. The predicted molar refractivity (Wildman–Crippen MR) is 111 cm³/mol. The van der Waals surface area contributed by atoms with Crippen LogP contribution in [0.25, 0.3) is 0 Å². The quantitative estimate of drug-likeness (QED) is 0.443. The lowest BCUT2D eigenvalue weighted by molar-refractivity contribution is -0.119. The molecule has 0 spiro atoms. The van der Waals surface area contributed by atoms with Crippen LogP contribution in [0.3, 0.4) is 0 Å².